The zero-order valence-electron chi connectivity index (χ0n) is 15.4. The highest BCUT2D eigenvalue weighted by atomic mass is 16.5. The summed E-state index contributed by atoms with van der Waals surface area (Å²) >= 11 is 0. The quantitative estimate of drug-likeness (QED) is 0.642. The average Bonchev–Trinajstić information content (AvgIpc) is 3.19. The fourth-order valence-corrected chi connectivity index (χ4v) is 2.68. The number of rotatable bonds is 9. The molecule has 0 fully saturated rings. The molecule has 0 bridgehead atoms. The van der Waals surface area contributed by atoms with E-state index in [-0.39, 0.29) is 11.9 Å². The second-order valence-electron chi connectivity index (χ2n) is 6.06. The molecule has 7 nitrogen and oxygen atoms in total. The van der Waals surface area contributed by atoms with Gasteiger partial charge in [0.05, 0.1) is 26.5 Å². The Kier molecular flexibility index (Phi) is 7.20. The maximum absolute atomic E-state index is 13.0. The summed E-state index contributed by atoms with van der Waals surface area (Å²) in [6.07, 6.45) is 6.09. The fourth-order valence-electron chi connectivity index (χ4n) is 2.68. The maximum atomic E-state index is 13.0. The molecular weight excluding hydrogens is 334 g/mol. The van der Waals surface area contributed by atoms with Crippen molar-refractivity contribution in [3.8, 4) is 5.75 Å². The minimum atomic E-state index is -0.400. The van der Waals surface area contributed by atoms with E-state index < -0.39 is 5.92 Å². The maximum Gasteiger partial charge on any atom is 0.310 e. The van der Waals surface area contributed by atoms with Crippen LogP contribution in [-0.4, -0.2) is 53.6 Å². The van der Waals surface area contributed by atoms with Crippen LogP contribution in [-0.2, 0) is 16.1 Å². The van der Waals surface area contributed by atoms with Crippen LogP contribution < -0.4 is 4.74 Å². The summed E-state index contributed by atoms with van der Waals surface area (Å²) in [5.41, 5.74) is 0.532. The van der Waals surface area contributed by atoms with Crippen LogP contribution in [0.2, 0.25) is 0 Å². The van der Waals surface area contributed by atoms with Crippen LogP contribution in [0.3, 0.4) is 0 Å². The molecule has 2 rings (SSSR count). The number of carbonyl (C=O) groups is 2. The van der Waals surface area contributed by atoms with E-state index in [9.17, 15) is 9.59 Å². The highest BCUT2D eigenvalue weighted by Gasteiger charge is 2.22. The van der Waals surface area contributed by atoms with Gasteiger partial charge in [0.15, 0.2) is 0 Å². The van der Waals surface area contributed by atoms with Gasteiger partial charge in [0.1, 0.15) is 5.75 Å². The zero-order valence-corrected chi connectivity index (χ0v) is 15.4. The van der Waals surface area contributed by atoms with Crippen LogP contribution in [0.4, 0.5) is 0 Å². The molecule has 0 saturated carbocycles. The summed E-state index contributed by atoms with van der Waals surface area (Å²) in [4.78, 5) is 30.4. The van der Waals surface area contributed by atoms with Gasteiger partial charge in [-0.05, 0) is 24.6 Å². The largest absolute Gasteiger partial charge is 0.497 e. The van der Waals surface area contributed by atoms with E-state index in [1.54, 1.807) is 55.7 Å². The lowest BCUT2D eigenvalue weighted by molar-refractivity contribution is -0.145. The summed E-state index contributed by atoms with van der Waals surface area (Å²) in [7, 11) is 2.91. The van der Waals surface area contributed by atoms with E-state index in [4.69, 9.17) is 9.47 Å². The number of nitrogens with zero attached hydrogens (tertiary/aromatic N) is 3. The van der Waals surface area contributed by atoms with Gasteiger partial charge in [0, 0.05) is 37.6 Å². The van der Waals surface area contributed by atoms with Crippen LogP contribution in [0.5, 0.6) is 5.75 Å². The number of methoxy groups -OCH3 is 2. The number of ether oxygens (including phenoxy) is 2. The van der Waals surface area contributed by atoms with Crippen LogP contribution in [0, 0.1) is 5.92 Å². The summed E-state index contributed by atoms with van der Waals surface area (Å²) in [5, 5.41) is 0. The molecular formula is C19H25N3O4. The Morgan fingerprint density at radius 3 is 2.77 bits per heavy atom. The molecule has 1 aromatic heterocycles. The first-order valence-corrected chi connectivity index (χ1v) is 8.52. The predicted octanol–water partition coefficient (Wildman–Crippen LogP) is 2.23. The van der Waals surface area contributed by atoms with Crippen molar-refractivity contribution in [3.05, 3.63) is 48.5 Å². The summed E-state index contributed by atoms with van der Waals surface area (Å²) < 4.78 is 11.9. The third-order valence-corrected chi connectivity index (χ3v) is 4.11. The van der Waals surface area contributed by atoms with Crippen molar-refractivity contribution in [2.45, 2.75) is 19.9 Å². The Hall–Kier alpha value is -2.83. The third-order valence-electron chi connectivity index (χ3n) is 4.11. The van der Waals surface area contributed by atoms with E-state index in [0.29, 0.717) is 24.4 Å². The molecule has 0 radical (unpaired) electrons. The van der Waals surface area contributed by atoms with Gasteiger partial charge in [-0.25, -0.2) is 4.98 Å². The Morgan fingerprint density at radius 1 is 1.31 bits per heavy atom. The first-order chi connectivity index (χ1) is 12.5. The Balaban J connectivity index is 2.09. The minimum absolute atomic E-state index is 0.134. The zero-order chi connectivity index (χ0) is 18.9. The van der Waals surface area contributed by atoms with Crippen LogP contribution in [0.1, 0.15) is 23.7 Å². The smallest absolute Gasteiger partial charge is 0.310 e. The number of benzene rings is 1. The van der Waals surface area contributed by atoms with Crippen LogP contribution in [0.15, 0.2) is 43.0 Å². The van der Waals surface area contributed by atoms with Gasteiger partial charge < -0.3 is 18.9 Å². The molecule has 1 amide bonds. The van der Waals surface area contributed by atoms with Gasteiger partial charge in [-0.1, -0.05) is 13.0 Å². The Labute approximate surface area is 153 Å². The van der Waals surface area contributed by atoms with Gasteiger partial charge in [-0.15, -0.1) is 0 Å². The fraction of sp³-hybridized carbons (Fsp3) is 0.421. The van der Waals surface area contributed by atoms with Gasteiger partial charge >= 0.3 is 5.97 Å². The SMILES string of the molecule is COC(=O)C(C)CN(CCCn1ccnc1)C(=O)c1cccc(OC)c1. The number of esters is 1. The molecule has 0 aliphatic carbocycles. The molecule has 1 aromatic carbocycles. The van der Waals surface area contributed by atoms with Crippen molar-refractivity contribution in [1.29, 1.82) is 0 Å². The molecule has 0 N–H and O–H groups in total. The predicted molar refractivity (Wildman–Crippen MR) is 96.9 cm³/mol. The first-order valence-electron chi connectivity index (χ1n) is 8.52. The molecule has 1 heterocycles. The molecule has 0 aliphatic rings. The molecule has 1 atom stereocenters. The second kappa shape index (κ2) is 9.60. The number of imidazole rings is 1. The van der Waals surface area contributed by atoms with E-state index in [2.05, 4.69) is 4.98 Å². The highest BCUT2D eigenvalue weighted by Crippen LogP contribution is 2.16. The lowest BCUT2D eigenvalue weighted by atomic mass is 10.1. The summed E-state index contributed by atoms with van der Waals surface area (Å²) in [6, 6.07) is 7.02. The van der Waals surface area contributed by atoms with Crippen molar-refractivity contribution in [2.75, 3.05) is 27.3 Å². The van der Waals surface area contributed by atoms with Crippen molar-refractivity contribution in [1.82, 2.24) is 14.5 Å². The average molecular weight is 359 g/mol. The number of hydrogen-bond acceptors (Lipinski definition) is 5. The molecule has 2 aromatic rings. The minimum Gasteiger partial charge on any atom is -0.497 e. The Morgan fingerprint density at radius 2 is 2.12 bits per heavy atom. The Bertz CT molecular complexity index is 715. The number of carbonyl (C=O) groups excluding carboxylic acids is 2. The molecule has 140 valence electrons. The van der Waals surface area contributed by atoms with Crippen molar-refractivity contribution < 1.29 is 19.1 Å². The molecule has 0 saturated heterocycles. The standard InChI is InChI=1S/C19H25N3O4/c1-15(19(24)26-3)13-22(10-5-9-21-11-8-20-14-21)18(23)16-6-4-7-17(12-16)25-2/h4,6-8,11-12,14-15H,5,9-10,13H2,1-3H3. The normalized spacial score (nSPS) is 11.7. The number of hydrogen-bond donors (Lipinski definition) is 0. The topological polar surface area (TPSA) is 73.7 Å². The van der Waals surface area contributed by atoms with Gasteiger partial charge in [-0.2, -0.15) is 0 Å². The second-order valence-corrected chi connectivity index (χ2v) is 6.06. The number of aryl methyl sites for hydroxylation is 1. The van der Waals surface area contributed by atoms with Crippen molar-refractivity contribution in [3.63, 3.8) is 0 Å². The lowest BCUT2D eigenvalue weighted by Crippen LogP contribution is -2.38. The van der Waals surface area contributed by atoms with Gasteiger partial charge in [0.25, 0.3) is 5.91 Å². The van der Waals surface area contributed by atoms with E-state index in [1.807, 2.05) is 10.8 Å². The van der Waals surface area contributed by atoms with E-state index in [0.717, 1.165) is 13.0 Å². The van der Waals surface area contributed by atoms with Gasteiger partial charge in [-0.3, -0.25) is 9.59 Å². The molecule has 26 heavy (non-hydrogen) atoms. The molecule has 7 heteroatoms. The first kappa shape index (κ1) is 19.5. The lowest BCUT2D eigenvalue weighted by Gasteiger charge is -2.25. The monoisotopic (exact) mass is 359 g/mol. The van der Waals surface area contributed by atoms with Crippen molar-refractivity contribution >= 4 is 11.9 Å². The van der Waals surface area contributed by atoms with E-state index in [1.165, 1.54) is 7.11 Å². The van der Waals surface area contributed by atoms with E-state index >= 15 is 0 Å². The van der Waals surface area contributed by atoms with Crippen LogP contribution >= 0.6 is 0 Å². The number of aromatic nitrogens is 2. The van der Waals surface area contributed by atoms with Gasteiger partial charge in [0.2, 0.25) is 0 Å². The third kappa shape index (κ3) is 5.34. The van der Waals surface area contributed by atoms with Crippen LogP contribution in [0.25, 0.3) is 0 Å². The summed E-state index contributed by atoms with van der Waals surface area (Å²) in [6.45, 7) is 3.32. The molecule has 0 aliphatic heterocycles. The highest BCUT2D eigenvalue weighted by molar-refractivity contribution is 5.94. The summed E-state index contributed by atoms with van der Waals surface area (Å²) in [5.74, 6) is -0.244. The molecule has 1 unspecified atom stereocenters. The molecule has 0 spiro atoms. The number of amides is 1. The van der Waals surface area contributed by atoms with Crippen molar-refractivity contribution in [2.24, 2.45) is 5.92 Å².